The SMILES string of the molecule is O=C(Nc1cccc(Cl)c1)N1CCCN(Cc2ccccc2)CC1. The van der Waals surface area contributed by atoms with Crippen molar-refractivity contribution >= 4 is 23.3 Å². The Morgan fingerprint density at radius 1 is 1.00 bits per heavy atom. The van der Waals surface area contributed by atoms with Gasteiger partial charge in [0.25, 0.3) is 0 Å². The molecule has 4 nitrogen and oxygen atoms in total. The minimum atomic E-state index is -0.0566. The van der Waals surface area contributed by atoms with E-state index >= 15 is 0 Å². The number of nitrogens with one attached hydrogen (secondary N) is 1. The van der Waals surface area contributed by atoms with Crippen LogP contribution in [0.2, 0.25) is 5.02 Å². The fourth-order valence-electron chi connectivity index (χ4n) is 2.94. The van der Waals surface area contributed by atoms with Gasteiger partial charge in [-0.15, -0.1) is 0 Å². The number of hydrogen-bond acceptors (Lipinski definition) is 2. The van der Waals surface area contributed by atoms with E-state index in [0.29, 0.717) is 5.02 Å². The van der Waals surface area contributed by atoms with Gasteiger partial charge in [0.1, 0.15) is 0 Å². The third-order valence-corrected chi connectivity index (χ3v) is 4.44. The van der Waals surface area contributed by atoms with Crippen LogP contribution in [0.25, 0.3) is 0 Å². The van der Waals surface area contributed by atoms with E-state index in [-0.39, 0.29) is 6.03 Å². The number of halogens is 1. The smallest absolute Gasteiger partial charge is 0.321 e. The Morgan fingerprint density at radius 2 is 1.83 bits per heavy atom. The first kappa shape index (κ1) is 16.8. The van der Waals surface area contributed by atoms with E-state index in [0.717, 1.165) is 44.8 Å². The van der Waals surface area contributed by atoms with E-state index in [4.69, 9.17) is 11.6 Å². The molecule has 126 valence electrons. The molecule has 0 atom stereocenters. The predicted molar refractivity (Wildman–Crippen MR) is 98.4 cm³/mol. The second-order valence-electron chi connectivity index (χ2n) is 6.04. The molecular weight excluding hydrogens is 322 g/mol. The summed E-state index contributed by atoms with van der Waals surface area (Å²) in [6, 6.07) is 17.7. The summed E-state index contributed by atoms with van der Waals surface area (Å²) in [6.07, 6.45) is 0.982. The van der Waals surface area contributed by atoms with Crippen LogP contribution in [0, 0.1) is 0 Å². The average molecular weight is 344 g/mol. The highest BCUT2D eigenvalue weighted by atomic mass is 35.5. The zero-order valence-corrected chi connectivity index (χ0v) is 14.4. The second-order valence-corrected chi connectivity index (χ2v) is 6.48. The molecule has 0 unspecified atom stereocenters. The third kappa shape index (κ3) is 4.73. The van der Waals surface area contributed by atoms with Gasteiger partial charge in [-0.1, -0.05) is 48.0 Å². The summed E-state index contributed by atoms with van der Waals surface area (Å²) in [7, 11) is 0. The topological polar surface area (TPSA) is 35.6 Å². The van der Waals surface area contributed by atoms with Crippen molar-refractivity contribution < 1.29 is 4.79 Å². The molecule has 1 aliphatic rings. The molecule has 5 heteroatoms. The van der Waals surface area contributed by atoms with Crippen LogP contribution in [0.3, 0.4) is 0 Å². The van der Waals surface area contributed by atoms with Gasteiger partial charge in [-0.05, 0) is 30.2 Å². The number of hydrogen-bond donors (Lipinski definition) is 1. The van der Waals surface area contributed by atoms with Crippen LogP contribution >= 0.6 is 11.6 Å². The second kappa shape index (κ2) is 8.18. The molecule has 0 spiro atoms. The van der Waals surface area contributed by atoms with Crippen molar-refractivity contribution in [2.24, 2.45) is 0 Å². The van der Waals surface area contributed by atoms with Crippen LogP contribution in [0.5, 0.6) is 0 Å². The summed E-state index contributed by atoms with van der Waals surface area (Å²) in [4.78, 5) is 16.7. The molecule has 3 rings (SSSR count). The van der Waals surface area contributed by atoms with Gasteiger partial charge < -0.3 is 10.2 Å². The van der Waals surface area contributed by atoms with Gasteiger partial charge in [0.05, 0.1) is 0 Å². The summed E-state index contributed by atoms with van der Waals surface area (Å²) < 4.78 is 0. The van der Waals surface area contributed by atoms with Gasteiger partial charge in [-0.3, -0.25) is 4.90 Å². The van der Waals surface area contributed by atoms with Crippen molar-refractivity contribution in [2.75, 3.05) is 31.5 Å². The summed E-state index contributed by atoms with van der Waals surface area (Å²) >= 11 is 5.96. The highest BCUT2D eigenvalue weighted by Crippen LogP contribution is 2.16. The normalized spacial score (nSPS) is 15.8. The van der Waals surface area contributed by atoms with E-state index in [1.54, 1.807) is 12.1 Å². The third-order valence-electron chi connectivity index (χ3n) is 4.20. The van der Waals surface area contributed by atoms with Crippen LogP contribution in [0.15, 0.2) is 54.6 Å². The molecule has 1 aliphatic heterocycles. The first-order chi connectivity index (χ1) is 11.7. The molecule has 1 heterocycles. The summed E-state index contributed by atoms with van der Waals surface area (Å²) in [5.74, 6) is 0. The molecule has 0 bridgehead atoms. The number of nitrogens with zero attached hydrogens (tertiary/aromatic N) is 2. The fourth-order valence-corrected chi connectivity index (χ4v) is 3.13. The molecule has 0 aliphatic carbocycles. The zero-order valence-electron chi connectivity index (χ0n) is 13.6. The van der Waals surface area contributed by atoms with E-state index in [1.165, 1.54) is 5.56 Å². The Balaban J connectivity index is 1.54. The van der Waals surface area contributed by atoms with Crippen LogP contribution in [-0.2, 0) is 6.54 Å². The number of urea groups is 1. The van der Waals surface area contributed by atoms with Crippen LogP contribution in [-0.4, -0.2) is 42.0 Å². The molecule has 2 aromatic rings. The monoisotopic (exact) mass is 343 g/mol. The minimum absolute atomic E-state index is 0.0566. The molecule has 2 aromatic carbocycles. The molecule has 0 radical (unpaired) electrons. The zero-order chi connectivity index (χ0) is 16.8. The molecule has 24 heavy (non-hydrogen) atoms. The number of rotatable bonds is 3. The largest absolute Gasteiger partial charge is 0.323 e. The highest BCUT2D eigenvalue weighted by molar-refractivity contribution is 6.30. The number of anilines is 1. The molecule has 1 fully saturated rings. The predicted octanol–water partition coefficient (Wildman–Crippen LogP) is 4.08. The summed E-state index contributed by atoms with van der Waals surface area (Å²) in [5, 5.41) is 3.55. The molecule has 0 saturated carbocycles. The van der Waals surface area contributed by atoms with Crippen molar-refractivity contribution in [3.63, 3.8) is 0 Å². The Morgan fingerprint density at radius 3 is 2.62 bits per heavy atom. The van der Waals surface area contributed by atoms with E-state index in [1.807, 2.05) is 23.1 Å². The maximum absolute atomic E-state index is 12.4. The van der Waals surface area contributed by atoms with Crippen molar-refractivity contribution in [3.05, 3.63) is 65.2 Å². The lowest BCUT2D eigenvalue weighted by Crippen LogP contribution is -2.38. The lowest BCUT2D eigenvalue weighted by atomic mass is 10.2. The quantitative estimate of drug-likeness (QED) is 0.911. The Labute approximate surface area is 148 Å². The number of amides is 2. The van der Waals surface area contributed by atoms with Gasteiger partial charge >= 0.3 is 6.03 Å². The van der Waals surface area contributed by atoms with E-state index in [2.05, 4.69) is 34.5 Å². The van der Waals surface area contributed by atoms with Crippen molar-refractivity contribution in [1.82, 2.24) is 9.80 Å². The van der Waals surface area contributed by atoms with Gasteiger partial charge in [0, 0.05) is 43.4 Å². The average Bonchev–Trinajstić information content (AvgIpc) is 2.81. The first-order valence-electron chi connectivity index (χ1n) is 8.28. The maximum Gasteiger partial charge on any atom is 0.321 e. The minimum Gasteiger partial charge on any atom is -0.323 e. The van der Waals surface area contributed by atoms with Gasteiger partial charge in [-0.2, -0.15) is 0 Å². The van der Waals surface area contributed by atoms with Crippen molar-refractivity contribution in [1.29, 1.82) is 0 Å². The molecule has 1 N–H and O–H groups in total. The molecule has 1 saturated heterocycles. The van der Waals surface area contributed by atoms with Gasteiger partial charge in [-0.25, -0.2) is 4.79 Å². The Hall–Kier alpha value is -2.04. The molecule has 2 amide bonds. The van der Waals surface area contributed by atoms with Crippen LogP contribution < -0.4 is 5.32 Å². The highest BCUT2D eigenvalue weighted by Gasteiger charge is 2.19. The van der Waals surface area contributed by atoms with E-state index < -0.39 is 0 Å². The lowest BCUT2D eigenvalue weighted by molar-refractivity contribution is 0.211. The Bertz CT molecular complexity index is 677. The lowest BCUT2D eigenvalue weighted by Gasteiger charge is -2.22. The number of carbonyl (C=O) groups is 1. The molecular formula is C19H22ClN3O. The van der Waals surface area contributed by atoms with Crippen molar-refractivity contribution in [2.45, 2.75) is 13.0 Å². The fraction of sp³-hybridized carbons (Fsp3) is 0.316. The van der Waals surface area contributed by atoms with Gasteiger partial charge in [0.15, 0.2) is 0 Å². The Kier molecular flexibility index (Phi) is 5.72. The summed E-state index contributed by atoms with van der Waals surface area (Å²) in [6.45, 7) is 4.34. The number of carbonyl (C=O) groups excluding carboxylic acids is 1. The van der Waals surface area contributed by atoms with Gasteiger partial charge in [0.2, 0.25) is 0 Å². The van der Waals surface area contributed by atoms with Crippen molar-refractivity contribution in [3.8, 4) is 0 Å². The first-order valence-corrected chi connectivity index (χ1v) is 8.66. The summed E-state index contributed by atoms with van der Waals surface area (Å²) in [5.41, 5.74) is 2.05. The van der Waals surface area contributed by atoms with Crippen LogP contribution in [0.1, 0.15) is 12.0 Å². The standard InChI is InChI=1S/C19H22ClN3O/c20-17-8-4-9-18(14-17)21-19(24)23-11-5-10-22(12-13-23)15-16-6-2-1-3-7-16/h1-4,6-9,14H,5,10-13,15H2,(H,21,24). The number of benzene rings is 2. The van der Waals surface area contributed by atoms with Crippen LogP contribution in [0.4, 0.5) is 10.5 Å². The maximum atomic E-state index is 12.4. The van der Waals surface area contributed by atoms with E-state index in [9.17, 15) is 4.79 Å². The molecule has 0 aromatic heterocycles.